The van der Waals surface area contributed by atoms with E-state index in [4.69, 9.17) is 4.74 Å². The highest BCUT2D eigenvalue weighted by molar-refractivity contribution is 5.79. The fourth-order valence-corrected chi connectivity index (χ4v) is 1.98. The predicted molar refractivity (Wildman–Crippen MR) is 64.3 cm³/mol. The summed E-state index contributed by atoms with van der Waals surface area (Å²) >= 11 is 0. The van der Waals surface area contributed by atoms with Gasteiger partial charge in [-0.1, -0.05) is 0 Å². The molecule has 4 nitrogen and oxygen atoms in total. The molecular weight excluding hydrogens is 204 g/mol. The second-order valence-corrected chi connectivity index (χ2v) is 5.14. The summed E-state index contributed by atoms with van der Waals surface area (Å²) in [6.45, 7) is 9.19. The molecule has 1 atom stereocenters. The molecule has 1 aliphatic rings. The Bertz CT molecular complexity index is 241. The summed E-state index contributed by atoms with van der Waals surface area (Å²) in [6.07, 6.45) is 1.21. The zero-order valence-electron chi connectivity index (χ0n) is 10.9. The Labute approximate surface area is 98.3 Å². The predicted octanol–water partition coefficient (Wildman–Crippen LogP) is 0.869. The van der Waals surface area contributed by atoms with Gasteiger partial charge in [-0.25, -0.2) is 0 Å². The fourth-order valence-electron chi connectivity index (χ4n) is 1.98. The minimum atomic E-state index is -0.572. The van der Waals surface area contributed by atoms with Gasteiger partial charge in [-0.2, -0.15) is 0 Å². The van der Waals surface area contributed by atoms with Crippen molar-refractivity contribution in [1.82, 2.24) is 10.2 Å². The highest BCUT2D eigenvalue weighted by Gasteiger charge is 2.30. The van der Waals surface area contributed by atoms with E-state index in [2.05, 4.69) is 17.3 Å². The molecule has 1 fully saturated rings. The van der Waals surface area contributed by atoms with E-state index >= 15 is 0 Å². The van der Waals surface area contributed by atoms with Crippen LogP contribution < -0.4 is 5.32 Å². The number of carbonyl (C=O) groups is 1. The highest BCUT2D eigenvalue weighted by Crippen LogP contribution is 2.15. The number of hydrogen-bond acceptors (Lipinski definition) is 4. The number of likely N-dealkylation sites (tertiary alicyclic amines) is 1. The molecule has 0 amide bonds. The molecule has 0 saturated carbocycles. The Morgan fingerprint density at radius 2 is 2.25 bits per heavy atom. The molecule has 94 valence electrons. The van der Waals surface area contributed by atoms with Gasteiger partial charge in [-0.3, -0.25) is 4.79 Å². The average Bonchev–Trinajstić information content (AvgIpc) is 2.62. The maximum Gasteiger partial charge on any atom is 0.325 e. The van der Waals surface area contributed by atoms with Crippen molar-refractivity contribution in [1.29, 1.82) is 0 Å². The first-order valence-electron chi connectivity index (χ1n) is 6.06. The summed E-state index contributed by atoms with van der Waals surface area (Å²) in [5, 5.41) is 3.30. The minimum Gasteiger partial charge on any atom is -0.465 e. The average molecular weight is 228 g/mol. The lowest BCUT2D eigenvalue weighted by molar-refractivity contribution is -0.149. The van der Waals surface area contributed by atoms with Gasteiger partial charge in [0.05, 0.1) is 6.61 Å². The highest BCUT2D eigenvalue weighted by atomic mass is 16.5. The molecule has 16 heavy (non-hydrogen) atoms. The summed E-state index contributed by atoms with van der Waals surface area (Å²) < 4.78 is 5.03. The first-order valence-corrected chi connectivity index (χ1v) is 6.06. The topological polar surface area (TPSA) is 41.6 Å². The molecule has 0 aromatic rings. The van der Waals surface area contributed by atoms with Crippen molar-refractivity contribution >= 4 is 5.97 Å². The van der Waals surface area contributed by atoms with Crippen molar-refractivity contribution in [3.8, 4) is 0 Å². The molecular formula is C12H24N2O2. The van der Waals surface area contributed by atoms with Crippen molar-refractivity contribution in [2.75, 3.05) is 33.3 Å². The van der Waals surface area contributed by atoms with Gasteiger partial charge in [0.25, 0.3) is 0 Å². The van der Waals surface area contributed by atoms with Gasteiger partial charge in [0.1, 0.15) is 5.54 Å². The van der Waals surface area contributed by atoms with Crippen LogP contribution in [-0.2, 0) is 9.53 Å². The maximum atomic E-state index is 11.6. The number of hydrogen-bond donors (Lipinski definition) is 1. The van der Waals surface area contributed by atoms with Crippen LogP contribution in [0.25, 0.3) is 0 Å². The zero-order chi connectivity index (χ0) is 12.2. The summed E-state index contributed by atoms with van der Waals surface area (Å²) in [7, 11) is 2.14. The van der Waals surface area contributed by atoms with Crippen LogP contribution in [0, 0.1) is 5.92 Å². The van der Waals surface area contributed by atoms with Gasteiger partial charge in [0.2, 0.25) is 0 Å². The monoisotopic (exact) mass is 228 g/mol. The minimum absolute atomic E-state index is 0.165. The third-order valence-electron chi connectivity index (χ3n) is 3.11. The maximum absolute atomic E-state index is 11.6. The van der Waals surface area contributed by atoms with Crippen molar-refractivity contribution in [2.24, 2.45) is 5.92 Å². The largest absolute Gasteiger partial charge is 0.465 e. The first-order chi connectivity index (χ1) is 7.45. The standard InChI is InChI=1S/C12H24N2O2/c1-5-16-11(15)12(2,3)13-8-10-6-7-14(4)9-10/h10,13H,5-9H2,1-4H3. The summed E-state index contributed by atoms with van der Waals surface area (Å²) in [5.74, 6) is 0.486. The Hall–Kier alpha value is -0.610. The van der Waals surface area contributed by atoms with Gasteiger partial charge in [0, 0.05) is 13.1 Å². The molecule has 0 aromatic carbocycles. The van der Waals surface area contributed by atoms with Crippen molar-refractivity contribution in [3.05, 3.63) is 0 Å². The van der Waals surface area contributed by atoms with E-state index in [1.54, 1.807) is 0 Å². The van der Waals surface area contributed by atoms with Crippen molar-refractivity contribution in [2.45, 2.75) is 32.7 Å². The van der Waals surface area contributed by atoms with Crippen molar-refractivity contribution < 1.29 is 9.53 Å². The van der Waals surface area contributed by atoms with Gasteiger partial charge in [-0.05, 0) is 46.7 Å². The van der Waals surface area contributed by atoms with Crippen LogP contribution in [-0.4, -0.2) is 49.7 Å². The van der Waals surface area contributed by atoms with E-state index in [1.807, 2.05) is 20.8 Å². The molecule has 0 aliphatic carbocycles. The lowest BCUT2D eigenvalue weighted by atomic mass is 10.0. The van der Waals surface area contributed by atoms with E-state index in [1.165, 1.54) is 6.42 Å². The number of ether oxygens (including phenoxy) is 1. The van der Waals surface area contributed by atoms with Crippen LogP contribution in [0.5, 0.6) is 0 Å². The van der Waals surface area contributed by atoms with E-state index < -0.39 is 5.54 Å². The van der Waals surface area contributed by atoms with Gasteiger partial charge in [-0.15, -0.1) is 0 Å². The Kier molecular flexibility index (Phi) is 4.74. The number of nitrogens with zero attached hydrogens (tertiary/aromatic N) is 1. The number of esters is 1. The summed E-state index contributed by atoms with van der Waals surface area (Å²) in [6, 6.07) is 0. The second-order valence-electron chi connectivity index (χ2n) is 5.14. The van der Waals surface area contributed by atoms with Crippen LogP contribution in [0.2, 0.25) is 0 Å². The first kappa shape index (κ1) is 13.5. The van der Waals surface area contributed by atoms with Gasteiger partial charge >= 0.3 is 5.97 Å². The number of rotatable bonds is 5. The Morgan fingerprint density at radius 3 is 2.75 bits per heavy atom. The van der Waals surface area contributed by atoms with Gasteiger partial charge < -0.3 is 15.0 Å². The van der Waals surface area contributed by atoms with Crippen LogP contribution in [0.4, 0.5) is 0 Å². The molecule has 0 bridgehead atoms. The van der Waals surface area contributed by atoms with Crippen LogP contribution in [0.1, 0.15) is 27.2 Å². The number of nitrogens with one attached hydrogen (secondary N) is 1. The smallest absolute Gasteiger partial charge is 0.325 e. The van der Waals surface area contributed by atoms with E-state index in [0.717, 1.165) is 19.6 Å². The van der Waals surface area contributed by atoms with Crippen molar-refractivity contribution in [3.63, 3.8) is 0 Å². The second kappa shape index (κ2) is 5.64. The number of carbonyl (C=O) groups excluding carboxylic acids is 1. The zero-order valence-corrected chi connectivity index (χ0v) is 10.9. The molecule has 1 N–H and O–H groups in total. The van der Waals surface area contributed by atoms with Crippen LogP contribution >= 0.6 is 0 Å². The summed E-state index contributed by atoms with van der Waals surface area (Å²) in [5.41, 5.74) is -0.572. The normalized spacial score (nSPS) is 22.4. The van der Waals surface area contributed by atoms with Gasteiger partial charge in [0.15, 0.2) is 0 Å². The molecule has 0 spiro atoms. The molecule has 0 radical (unpaired) electrons. The molecule has 0 aromatic heterocycles. The van der Waals surface area contributed by atoms with Crippen LogP contribution in [0.3, 0.4) is 0 Å². The molecule has 1 unspecified atom stereocenters. The molecule has 4 heteroatoms. The quantitative estimate of drug-likeness (QED) is 0.709. The van der Waals surface area contributed by atoms with E-state index in [9.17, 15) is 4.79 Å². The van der Waals surface area contributed by atoms with Crippen LogP contribution in [0.15, 0.2) is 0 Å². The molecule has 1 rings (SSSR count). The lowest BCUT2D eigenvalue weighted by Gasteiger charge is -2.25. The third-order valence-corrected chi connectivity index (χ3v) is 3.11. The lowest BCUT2D eigenvalue weighted by Crippen LogP contribution is -2.49. The van der Waals surface area contributed by atoms with E-state index in [0.29, 0.717) is 12.5 Å². The summed E-state index contributed by atoms with van der Waals surface area (Å²) in [4.78, 5) is 14.0. The Balaban J connectivity index is 2.32. The molecule has 1 aliphatic heterocycles. The third kappa shape index (κ3) is 3.76. The van der Waals surface area contributed by atoms with E-state index in [-0.39, 0.29) is 5.97 Å². The Morgan fingerprint density at radius 1 is 1.56 bits per heavy atom. The molecule has 1 heterocycles. The molecule has 1 saturated heterocycles. The SMILES string of the molecule is CCOC(=O)C(C)(C)NCC1CCN(C)C1. The fraction of sp³-hybridized carbons (Fsp3) is 0.917.